The van der Waals surface area contributed by atoms with Crippen LogP contribution in [0.5, 0.6) is 0 Å². The van der Waals surface area contributed by atoms with Crippen molar-refractivity contribution in [1.82, 2.24) is 10.2 Å². The number of nitrogens with zero attached hydrogens (tertiary/aromatic N) is 1. The Morgan fingerprint density at radius 1 is 1.11 bits per heavy atom. The fraction of sp³-hybridized carbons (Fsp3) is 1.00. The molecule has 2 heteroatoms. The topological polar surface area (TPSA) is 15.3 Å². The Labute approximate surface area is 120 Å². The molecule has 1 heterocycles. The molecule has 0 radical (unpaired) electrons. The van der Waals surface area contributed by atoms with Crippen LogP contribution < -0.4 is 5.32 Å². The lowest BCUT2D eigenvalue weighted by atomic mass is 9.80. The Kier molecular flexibility index (Phi) is 6.15. The van der Waals surface area contributed by atoms with E-state index in [1.165, 1.54) is 58.0 Å². The van der Waals surface area contributed by atoms with Gasteiger partial charge in [-0.15, -0.1) is 0 Å². The highest BCUT2D eigenvalue weighted by atomic mass is 15.2. The van der Waals surface area contributed by atoms with Gasteiger partial charge in [-0.3, -0.25) is 0 Å². The smallest absolute Gasteiger partial charge is 0.00939 e. The molecule has 19 heavy (non-hydrogen) atoms. The summed E-state index contributed by atoms with van der Waals surface area (Å²) in [6.45, 7) is 10.9. The van der Waals surface area contributed by atoms with Gasteiger partial charge in [0.1, 0.15) is 0 Å². The molecule has 4 unspecified atom stereocenters. The van der Waals surface area contributed by atoms with Crippen molar-refractivity contribution < 1.29 is 0 Å². The van der Waals surface area contributed by atoms with Gasteiger partial charge < -0.3 is 10.2 Å². The zero-order valence-electron chi connectivity index (χ0n) is 13.3. The quantitative estimate of drug-likeness (QED) is 0.817. The summed E-state index contributed by atoms with van der Waals surface area (Å²) in [5.74, 6) is 2.00. The summed E-state index contributed by atoms with van der Waals surface area (Å²) in [6.07, 6.45) is 10.1. The van der Waals surface area contributed by atoms with Crippen LogP contribution in [-0.2, 0) is 0 Å². The van der Waals surface area contributed by atoms with Gasteiger partial charge in [0, 0.05) is 12.1 Å². The van der Waals surface area contributed by atoms with E-state index in [1.807, 2.05) is 0 Å². The summed E-state index contributed by atoms with van der Waals surface area (Å²) >= 11 is 0. The van der Waals surface area contributed by atoms with Gasteiger partial charge in [-0.25, -0.2) is 0 Å². The van der Waals surface area contributed by atoms with Crippen LogP contribution in [0.1, 0.15) is 65.7 Å². The van der Waals surface area contributed by atoms with Crippen molar-refractivity contribution in [2.24, 2.45) is 11.8 Å². The van der Waals surface area contributed by atoms with Crippen molar-refractivity contribution in [2.75, 3.05) is 19.6 Å². The first-order valence-corrected chi connectivity index (χ1v) is 8.66. The fourth-order valence-corrected chi connectivity index (χ4v) is 4.20. The Morgan fingerprint density at radius 3 is 2.63 bits per heavy atom. The molecule has 4 atom stereocenters. The van der Waals surface area contributed by atoms with Crippen LogP contribution in [0.3, 0.4) is 0 Å². The molecule has 1 saturated carbocycles. The number of likely N-dealkylation sites (tertiary alicyclic amines) is 1. The number of hydrogen-bond acceptors (Lipinski definition) is 2. The van der Waals surface area contributed by atoms with Crippen LogP contribution in [-0.4, -0.2) is 36.6 Å². The van der Waals surface area contributed by atoms with Crippen LogP contribution in [0.4, 0.5) is 0 Å². The number of piperidine rings is 1. The Morgan fingerprint density at radius 2 is 1.95 bits per heavy atom. The highest BCUT2D eigenvalue weighted by Crippen LogP contribution is 2.31. The fourth-order valence-electron chi connectivity index (χ4n) is 4.20. The first-order chi connectivity index (χ1) is 9.19. The van der Waals surface area contributed by atoms with E-state index in [4.69, 9.17) is 0 Å². The van der Waals surface area contributed by atoms with Crippen molar-refractivity contribution in [3.63, 3.8) is 0 Å². The molecule has 0 aromatic carbocycles. The van der Waals surface area contributed by atoms with Gasteiger partial charge in [0.2, 0.25) is 0 Å². The molecule has 0 aromatic heterocycles. The third kappa shape index (κ3) is 4.75. The van der Waals surface area contributed by atoms with E-state index in [2.05, 4.69) is 31.0 Å². The lowest BCUT2D eigenvalue weighted by Crippen LogP contribution is -2.47. The SMILES string of the molecule is CCNC1CCN(CCC2CCCC(C)C2)C(C)C1. The molecular formula is C17H34N2. The molecule has 0 aromatic rings. The van der Waals surface area contributed by atoms with Crippen molar-refractivity contribution >= 4 is 0 Å². The standard InChI is InChI=1S/C17H34N2/c1-4-18-17-9-11-19(15(3)13-17)10-8-16-7-5-6-14(2)12-16/h14-18H,4-13H2,1-3H3. The van der Waals surface area contributed by atoms with Crippen LogP contribution in [0.2, 0.25) is 0 Å². The summed E-state index contributed by atoms with van der Waals surface area (Å²) in [7, 11) is 0. The molecular weight excluding hydrogens is 232 g/mol. The second-order valence-electron chi connectivity index (χ2n) is 7.09. The maximum atomic E-state index is 3.62. The summed E-state index contributed by atoms with van der Waals surface area (Å²) in [5.41, 5.74) is 0. The summed E-state index contributed by atoms with van der Waals surface area (Å²) in [4.78, 5) is 2.74. The van der Waals surface area contributed by atoms with Gasteiger partial charge in [-0.1, -0.05) is 33.1 Å². The average molecular weight is 266 g/mol. The van der Waals surface area contributed by atoms with Gasteiger partial charge in [-0.2, -0.15) is 0 Å². The number of rotatable bonds is 5. The zero-order chi connectivity index (χ0) is 13.7. The average Bonchev–Trinajstić information content (AvgIpc) is 2.38. The summed E-state index contributed by atoms with van der Waals surface area (Å²) in [5, 5.41) is 3.62. The van der Waals surface area contributed by atoms with E-state index >= 15 is 0 Å². The third-order valence-corrected chi connectivity index (χ3v) is 5.38. The maximum Gasteiger partial charge on any atom is 0.00939 e. The molecule has 2 rings (SSSR count). The minimum absolute atomic E-state index is 0.769. The van der Waals surface area contributed by atoms with Gasteiger partial charge in [0.15, 0.2) is 0 Å². The van der Waals surface area contributed by atoms with Gasteiger partial charge in [0.05, 0.1) is 0 Å². The summed E-state index contributed by atoms with van der Waals surface area (Å²) < 4.78 is 0. The van der Waals surface area contributed by atoms with E-state index in [0.29, 0.717) is 0 Å². The monoisotopic (exact) mass is 266 g/mol. The van der Waals surface area contributed by atoms with Crippen LogP contribution in [0.15, 0.2) is 0 Å². The minimum atomic E-state index is 0.769. The van der Waals surface area contributed by atoms with Crippen LogP contribution in [0.25, 0.3) is 0 Å². The minimum Gasteiger partial charge on any atom is -0.314 e. The van der Waals surface area contributed by atoms with E-state index in [9.17, 15) is 0 Å². The lowest BCUT2D eigenvalue weighted by Gasteiger charge is -2.39. The van der Waals surface area contributed by atoms with Crippen LogP contribution >= 0.6 is 0 Å². The number of hydrogen-bond donors (Lipinski definition) is 1. The maximum absolute atomic E-state index is 3.62. The van der Waals surface area contributed by atoms with Gasteiger partial charge in [0.25, 0.3) is 0 Å². The van der Waals surface area contributed by atoms with Gasteiger partial charge in [-0.05, 0) is 64.1 Å². The van der Waals surface area contributed by atoms with Crippen molar-refractivity contribution in [3.8, 4) is 0 Å². The highest BCUT2D eigenvalue weighted by Gasteiger charge is 2.26. The first-order valence-electron chi connectivity index (χ1n) is 8.66. The third-order valence-electron chi connectivity index (χ3n) is 5.38. The predicted octanol–water partition coefficient (Wildman–Crippen LogP) is 3.67. The largest absolute Gasteiger partial charge is 0.314 e. The second kappa shape index (κ2) is 7.64. The molecule has 2 nitrogen and oxygen atoms in total. The van der Waals surface area contributed by atoms with Crippen molar-refractivity contribution in [1.29, 1.82) is 0 Å². The first kappa shape index (κ1) is 15.3. The molecule has 0 amide bonds. The predicted molar refractivity (Wildman–Crippen MR) is 83.5 cm³/mol. The van der Waals surface area contributed by atoms with Crippen molar-refractivity contribution in [2.45, 2.75) is 77.8 Å². The molecule has 1 aliphatic carbocycles. The highest BCUT2D eigenvalue weighted by molar-refractivity contribution is 4.83. The molecule has 0 spiro atoms. The normalized spacial score (nSPS) is 37.4. The van der Waals surface area contributed by atoms with E-state index in [1.54, 1.807) is 0 Å². The van der Waals surface area contributed by atoms with Crippen LogP contribution in [0, 0.1) is 11.8 Å². The molecule has 2 aliphatic rings. The molecule has 2 fully saturated rings. The summed E-state index contributed by atoms with van der Waals surface area (Å²) in [6, 6.07) is 1.55. The zero-order valence-corrected chi connectivity index (χ0v) is 13.3. The van der Waals surface area contributed by atoms with E-state index in [-0.39, 0.29) is 0 Å². The Balaban J connectivity index is 1.68. The van der Waals surface area contributed by atoms with Crippen molar-refractivity contribution in [3.05, 3.63) is 0 Å². The van der Waals surface area contributed by atoms with E-state index in [0.717, 1.165) is 30.5 Å². The molecule has 1 N–H and O–H groups in total. The molecule has 0 bridgehead atoms. The molecule has 1 saturated heterocycles. The molecule has 112 valence electrons. The van der Waals surface area contributed by atoms with E-state index < -0.39 is 0 Å². The second-order valence-corrected chi connectivity index (χ2v) is 7.09. The molecule has 1 aliphatic heterocycles. The lowest BCUT2D eigenvalue weighted by molar-refractivity contribution is 0.121. The number of nitrogens with one attached hydrogen (secondary N) is 1. The Bertz CT molecular complexity index is 254. The Hall–Kier alpha value is -0.0800. The van der Waals surface area contributed by atoms with Gasteiger partial charge >= 0.3 is 0 Å².